The maximum Gasteiger partial charge on any atom is 0.407 e. The second-order valence-corrected chi connectivity index (χ2v) is 26.7. The van der Waals surface area contributed by atoms with Crippen molar-refractivity contribution in [3.8, 4) is 0 Å². The van der Waals surface area contributed by atoms with Gasteiger partial charge in [-0.3, -0.25) is 53.2 Å². The first-order valence-electron chi connectivity index (χ1n) is 30.7. The Morgan fingerprint density at radius 3 is 1.44 bits per heavy atom. The van der Waals surface area contributed by atoms with Crippen molar-refractivity contribution < 1.29 is 76.3 Å². The lowest BCUT2D eigenvalue weighted by molar-refractivity contribution is -0.163. The van der Waals surface area contributed by atoms with Crippen molar-refractivity contribution in [2.24, 2.45) is 0 Å². The topological polar surface area (TPSA) is 253 Å². The Labute approximate surface area is 522 Å². The van der Waals surface area contributed by atoms with Gasteiger partial charge in [-0.25, -0.2) is 4.79 Å². The van der Waals surface area contributed by atoms with Crippen molar-refractivity contribution in [2.75, 3.05) is 131 Å². The van der Waals surface area contributed by atoms with E-state index in [1.807, 2.05) is 49.9 Å². The summed E-state index contributed by atoms with van der Waals surface area (Å²) in [5.41, 5.74) is -3.49. The van der Waals surface area contributed by atoms with E-state index in [0.717, 1.165) is 10.3 Å². The monoisotopic (exact) mass is 1240 g/mol. The van der Waals surface area contributed by atoms with E-state index in [0.29, 0.717) is 26.2 Å². The van der Waals surface area contributed by atoms with Crippen LogP contribution in [0.1, 0.15) is 146 Å². The number of ether oxygens (including phenoxy) is 8. The lowest BCUT2D eigenvalue weighted by atomic mass is 10.0. The SMILES string of the molecule is CC(C)(C)OC(=O)CN1CCN(CC(=O)OC(C)(C)C)CCN([C@H](CCC(=O)CCCN(CCOCCOCCOCCNC(=O)OC(C)(C)C)C(=O)c2cccc(=O)n2OCc2ccccc2)C(=O)OC(C)(C)C)CCN(CC(=O)OC(C)(C)C)CC1. The number of nitrogens with zero attached hydrogens (tertiary/aromatic N) is 6. The van der Waals surface area contributed by atoms with E-state index in [2.05, 4.69) is 5.32 Å². The molecule has 2 amide bonds. The minimum Gasteiger partial charge on any atom is -0.459 e. The van der Waals surface area contributed by atoms with Crippen LogP contribution in [0, 0.1) is 0 Å². The van der Waals surface area contributed by atoms with Crippen LogP contribution in [-0.2, 0) is 68.5 Å². The van der Waals surface area contributed by atoms with Gasteiger partial charge in [0.05, 0.1) is 59.3 Å². The number of hydrogen-bond donors (Lipinski definition) is 1. The summed E-state index contributed by atoms with van der Waals surface area (Å²) in [6.07, 6.45) is -0.215. The Bertz CT molecular complexity index is 2480. The number of amides is 2. The van der Waals surface area contributed by atoms with Crippen LogP contribution in [0.25, 0.3) is 0 Å². The van der Waals surface area contributed by atoms with Gasteiger partial charge < -0.3 is 52.9 Å². The lowest BCUT2D eigenvalue weighted by Gasteiger charge is -2.37. The molecule has 0 bridgehead atoms. The van der Waals surface area contributed by atoms with E-state index in [-0.39, 0.29) is 149 Å². The van der Waals surface area contributed by atoms with Gasteiger partial charge in [0.15, 0.2) is 0 Å². The molecular formula is C64H105N7O17. The zero-order valence-corrected chi connectivity index (χ0v) is 55.5. The first kappa shape index (κ1) is 76.2. The Morgan fingerprint density at radius 1 is 0.511 bits per heavy atom. The Kier molecular flexibility index (Phi) is 32.2. The zero-order valence-electron chi connectivity index (χ0n) is 55.5. The number of Topliss-reactive ketones (excluding diaryl/α,β-unsaturated/α-hetero) is 1. The largest absolute Gasteiger partial charge is 0.459 e. The van der Waals surface area contributed by atoms with Gasteiger partial charge >= 0.3 is 30.0 Å². The van der Waals surface area contributed by atoms with E-state index in [9.17, 15) is 38.4 Å². The molecular weight excluding hydrogens is 1140 g/mol. The molecule has 0 radical (unpaired) electrons. The predicted octanol–water partition coefficient (Wildman–Crippen LogP) is 5.58. The minimum absolute atomic E-state index is 0.0156. The summed E-state index contributed by atoms with van der Waals surface area (Å²) < 4.78 is 46.5. The number of alkyl carbamates (subject to hydrolysis) is 1. The molecule has 0 aliphatic carbocycles. The molecule has 1 aromatic heterocycles. The number of pyridine rings is 1. The van der Waals surface area contributed by atoms with Crippen LogP contribution < -0.4 is 15.7 Å². The first-order chi connectivity index (χ1) is 41.0. The highest BCUT2D eigenvalue weighted by Gasteiger charge is 2.34. The summed E-state index contributed by atoms with van der Waals surface area (Å²) in [5, 5.41) is 2.63. The third kappa shape index (κ3) is 34.7. The molecule has 1 aliphatic heterocycles. The van der Waals surface area contributed by atoms with Crippen molar-refractivity contribution in [3.63, 3.8) is 0 Å². The number of carbonyl (C=O) groups excluding carboxylic acids is 7. The Hall–Kier alpha value is -6.02. The molecule has 2 heterocycles. The average molecular weight is 1240 g/mol. The molecule has 24 heteroatoms. The highest BCUT2D eigenvalue weighted by molar-refractivity contribution is 5.92. The zero-order chi connectivity index (χ0) is 65.7. The van der Waals surface area contributed by atoms with Crippen LogP contribution in [0.5, 0.6) is 0 Å². The van der Waals surface area contributed by atoms with Crippen LogP contribution in [-0.4, -0.2) is 236 Å². The van der Waals surface area contributed by atoms with Crippen molar-refractivity contribution in [1.29, 1.82) is 0 Å². The average Bonchev–Trinajstić information content (AvgIpc) is 2.90. The maximum absolute atomic E-state index is 14.5. The number of ketones is 1. The highest BCUT2D eigenvalue weighted by Crippen LogP contribution is 2.19. The molecule has 24 nitrogen and oxygen atoms in total. The highest BCUT2D eigenvalue weighted by atomic mass is 16.7. The molecule has 0 saturated carbocycles. The molecule has 88 heavy (non-hydrogen) atoms. The van der Waals surface area contributed by atoms with Crippen LogP contribution >= 0.6 is 0 Å². The van der Waals surface area contributed by atoms with Gasteiger partial charge in [0.25, 0.3) is 11.5 Å². The quantitative estimate of drug-likeness (QED) is 0.0549. The number of aromatic nitrogens is 1. The molecule has 1 atom stereocenters. The fourth-order valence-corrected chi connectivity index (χ4v) is 8.93. The van der Waals surface area contributed by atoms with E-state index >= 15 is 0 Å². The fourth-order valence-electron chi connectivity index (χ4n) is 8.93. The maximum atomic E-state index is 14.5. The van der Waals surface area contributed by atoms with Crippen LogP contribution in [0.15, 0.2) is 53.3 Å². The molecule has 0 spiro atoms. The molecule has 3 rings (SSSR count). The molecule has 1 aromatic carbocycles. The summed E-state index contributed by atoms with van der Waals surface area (Å²) in [5.74, 6) is -2.54. The standard InChI is InChI=1S/C64H105N7O17/c1-60(2,3)84-54(74)45-66-30-32-67(46-55(75)85-61(4,5)6)34-36-69(37-35-68(33-31-66)47-56(76)86-62(7,8)9)52(58(78)87-63(10,11)12)27-26-50(72)23-20-29-70(38-40-81-42-44-82-43-41-80-39-28-65-59(79)88-64(13,14)15)57(77)51-24-19-25-53(73)71(51)83-48-49-21-17-16-18-22-49/h16-19,21-22,24-25,52H,20,23,26-48H2,1-15H3,(H,65,79)/t52-/m1/s1. The number of benzene rings is 1. The van der Waals surface area contributed by atoms with E-state index < -0.39 is 75.5 Å². The molecule has 0 unspecified atom stereocenters. The van der Waals surface area contributed by atoms with Gasteiger partial charge in [-0.15, -0.1) is 4.73 Å². The van der Waals surface area contributed by atoms with Gasteiger partial charge in [0.2, 0.25) is 0 Å². The Balaban J connectivity index is 1.85. The number of esters is 4. The third-order valence-corrected chi connectivity index (χ3v) is 12.7. The van der Waals surface area contributed by atoms with Crippen molar-refractivity contribution in [1.82, 2.24) is 34.5 Å². The summed E-state index contributed by atoms with van der Waals surface area (Å²) in [4.78, 5) is 123. The number of carbonyl (C=O) groups is 7. The fraction of sp³-hybridized carbons (Fsp3) is 0.719. The molecule has 1 aliphatic rings. The summed E-state index contributed by atoms with van der Waals surface area (Å²) in [7, 11) is 0. The van der Waals surface area contributed by atoms with E-state index in [1.54, 1.807) is 104 Å². The second kappa shape index (κ2) is 37.2. The smallest absolute Gasteiger partial charge is 0.407 e. The van der Waals surface area contributed by atoms with Crippen molar-refractivity contribution in [2.45, 2.75) is 170 Å². The normalized spacial score (nSPS) is 15.2. The van der Waals surface area contributed by atoms with Crippen molar-refractivity contribution >= 4 is 41.7 Å². The van der Waals surface area contributed by atoms with Gasteiger partial charge in [0.1, 0.15) is 52.1 Å². The third-order valence-electron chi connectivity index (χ3n) is 12.7. The number of nitrogens with one attached hydrogen (secondary N) is 1. The first-order valence-corrected chi connectivity index (χ1v) is 30.7. The molecule has 2 aromatic rings. The van der Waals surface area contributed by atoms with Crippen LogP contribution in [0.3, 0.4) is 0 Å². The molecule has 498 valence electrons. The van der Waals surface area contributed by atoms with Crippen LogP contribution in [0.2, 0.25) is 0 Å². The van der Waals surface area contributed by atoms with Crippen LogP contribution in [0.4, 0.5) is 4.79 Å². The minimum atomic E-state index is -0.938. The summed E-state index contributed by atoms with van der Waals surface area (Å²) in [6.45, 7) is 30.8. The summed E-state index contributed by atoms with van der Waals surface area (Å²) >= 11 is 0. The molecule has 1 fully saturated rings. The predicted molar refractivity (Wildman–Crippen MR) is 332 cm³/mol. The van der Waals surface area contributed by atoms with Gasteiger partial charge in [0, 0.05) is 90.9 Å². The molecule has 1 saturated heterocycles. The summed E-state index contributed by atoms with van der Waals surface area (Å²) in [6, 6.07) is 12.6. The van der Waals surface area contributed by atoms with Gasteiger partial charge in [-0.1, -0.05) is 36.4 Å². The van der Waals surface area contributed by atoms with Gasteiger partial charge in [-0.2, -0.15) is 0 Å². The Morgan fingerprint density at radius 2 is 0.966 bits per heavy atom. The lowest BCUT2D eigenvalue weighted by Crippen LogP contribution is -2.53. The van der Waals surface area contributed by atoms with E-state index in [4.69, 9.17) is 42.7 Å². The van der Waals surface area contributed by atoms with Gasteiger partial charge in [-0.05, 0) is 128 Å². The van der Waals surface area contributed by atoms with E-state index in [1.165, 1.54) is 23.1 Å². The van der Waals surface area contributed by atoms with Crippen molar-refractivity contribution in [3.05, 3.63) is 70.1 Å². The second-order valence-electron chi connectivity index (χ2n) is 26.7. The molecule has 1 N–H and O–H groups in total. The number of rotatable bonds is 31. The number of hydrogen-bond acceptors (Lipinski definition) is 21.